The summed E-state index contributed by atoms with van der Waals surface area (Å²) in [7, 11) is 0. The summed E-state index contributed by atoms with van der Waals surface area (Å²) in [6.07, 6.45) is 4.60. The van der Waals surface area contributed by atoms with Gasteiger partial charge in [0, 0.05) is 12.7 Å². The Kier molecular flexibility index (Phi) is 4.06. The van der Waals surface area contributed by atoms with Gasteiger partial charge in [-0.25, -0.2) is 9.48 Å². The highest BCUT2D eigenvalue weighted by Gasteiger charge is 2.36. The number of likely N-dealkylation sites (tertiary alicyclic amines) is 1. The second kappa shape index (κ2) is 5.60. The maximum absolute atomic E-state index is 12.2. The molecule has 0 spiro atoms. The molecule has 1 fully saturated rings. The van der Waals surface area contributed by atoms with Gasteiger partial charge in [-0.05, 0) is 33.6 Å². The fourth-order valence-electron chi connectivity index (χ4n) is 2.23. The van der Waals surface area contributed by atoms with Gasteiger partial charge in [0.1, 0.15) is 18.2 Å². The van der Waals surface area contributed by atoms with Gasteiger partial charge in [-0.3, -0.25) is 4.79 Å². The van der Waals surface area contributed by atoms with Crippen LogP contribution in [0.25, 0.3) is 0 Å². The highest BCUT2D eigenvalue weighted by Crippen LogP contribution is 2.21. The van der Waals surface area contributed by atoms with Crippen LogP contribution in [-0.4, -0.2) is 50.0 Å². The van der Waals surface area contributed by atoms with E-state index in [0.717, 1.165) is 6.42 Å². The molecular weight excluding hydrogens is 260 g/mol. The summed E-state index contributed by atoms with van der Waals surface area (Å²) >= 11 is 0. The SMILES string of the molecule is CC(C)(C)OC(=O)[C@H]1CCCN1C(=O)Cn1ccnn1. The summed E-state index contributed by atoms with van der Waals surface area (Å²) in [6.45, 7) is 6.14. The van der Waals surface area contributed by atoms with E-state index in [1.807, 2.05) is 20.8 Å². The molecule has 0 unspecified atom stereocenters. The van der Waals surface area contributed by atoms with E-state index in [1.165, 1.54) is 10.9 Å². The molecular formula is C13H20N4O3. The van der Waals surface area contributed by atoms with Crippen molar-refractivity contribution < 1.29 is 14.3 Å². The van der Waals surface area contributed by atoms with E-state index >= 15 is 0 Å². The summed E-state index contributed by atoms with van der Waals surface area (Å²) in [5, 5.41) is 7.41. The molecule has 2 rings (SSSR count). The maximum Gasteiger partial charge on any atom is 0.329 e. The predicted molar refractivity (Wildman–Crippen MR) is 70.6 cm³/mol. The molecule has 1 atom stereocenters. The van der Waals surface area contributed by atoms with Gasteiger partial charge in [-0.2, -0.15) is 0 Å². The molecule has 0 N–H and O–H groups in total. The first kappa shape index (κ1) is 14.5. The Hall–Kier alpha value is -1.92. The van der Waals surface area contributed by atoms with Crippen LogP contribution >= 0.6 is 0 Å². The Bertz CT molecular complexity index is 478. The van der Waals surface area contributed by atoms with E-state index in [2.05, 4.69) is 10.3 Å². The predicted octanol–water partition coefficient (Wildman–Crippen LogP) is 0.611. The topological polar surface area (TPSA) is 77.3 Å². The van der Waals surface area contributed by atoms with Crippen LogP contribution in [-0.2, 0) is 20.9 Å². The van der Waals surface area contributed by atoms with E-state index in [0.29, 0.717) is 13.0 Å². The van der Waals surface area contributed by atoms with Gasteiger partial charge in [-0.1, -0.05) is 5.21 Å². The lowest BCUT2D eigenvalue weighted by Crippen LogP contribution is -2.44. The second-order valence-electron chi connectivity index (χ2n) is 5.88. The second-order valence-corrected chi connectivity index (χ2v) is 5.88. The minimum Gasteiger partial charge on any atom is -0.458 e. The minimum absolute atomic E-state index is 0.0965. The molecule has 1 aliphatic rings. The number of carbonyl (C=O) groups excluding carboxylic acids is 2. The van der Waals surface area contributed by atoms with E-state index < -0.39 is 11.6 Å². The lowest BCUT2D eigenvalue weighted by molar-refractivity contribution is -0.163. The molecule has 1 saturated heterocycles. The smallest absolute Gasteiger partial charge is 0.329 e. The van der Waals surface area contributed by atoms with Crippen molar-refractivity contribution in [1.29, 1.82) is 0 Å². The number of esters is 1. The van der Waals surface area contributed by atoms with E-state index in [-0.39, 0.29) is 18.4 Å². The van der Waals surface area contributed by atoms with Crippen LogP contribution in [0, 0.1) is 0 Å². The first-order chi connectivity index (χ1) is 9.37. The number of hydrogen-bond donors (Lipinski definition) is 0. The number of aromatic nitrogens is 3. The van der Waals surface area contributed by atoms with Crippen molar-refractivity contribution in [2.75, 3.05) is 6.54 Å². The van der Waals surface area contributed by atoms with Crippen molar-refractivity contribution in [1.82, 2.24) is 19.9 Å². The lowest BCUT2D eigenvalue weighted by Gasteiger charge is -2.27. The number of ether oxygens (including phenoxy) is 1. The fraction of sp³-hybridized carbons (Fsp3) is 0.692. The van der Waals surface area contributed by atoms with Gasteiger partial charge in [0.15, 0.2) is 0 Å². The number of hydrogen-bond acceptors (Lipinski definition) is 5. The van der Waals surface area contributed by atoms with Gasteiger partial charge in [-0.15, -0.1) is 5.10 Å². The number of nitrogens with zero attached hydrogens (tertiary/aromatic N) is 4. The lowest BCUT2D eigenvalue weighted by atomic mass is 10.1. The number of rotatable bonds is 3. The normalized spacial score (nSPS) is 19.1. The Labute approximate surface area is 117 Å². The summed E-state index contributed by atoms with van der Waals surface area (Å²) in [5.74, 6) is -0.467. The van der Waals surface area contributed by atoms with Crippen molar-refractivity contribution >= 4 is 11.9 Å². The van der Waals surface area contributed by atoms with Crippen molar-refractivity contribution in [3.05, 3.63) is 12.4 Å². The first-order valence-corrected chi connectivity index (χ1v) is 6.73. The third kappa shape index (κ3) is 3.55. The van der Waals surface area contributed by atoms with Gasteiger partial charge in [0.25, 0.3) is 0 Å². The molecule has 0 radical (unpaired) electrons. The van der Waals surface area contributed by atoms with Crippen molar-refractivity contribution in [2.45, 2.75) is 51.8 Å². The monoisotopic (exact) mass is 280 g/mol. The minimum atomic E-state index is -0.541. The molecule has 110 valence electrons. The highest BCUT2D eigenvalue weighted by atomic mass is 16.6. The Morgan fingerprint density at radius 1 is 1.40 bits per heavy atom. The molecule has 7 nitrogen and oxygen atoms in total. The van der Waals surface area contributed by atoms with Crippen LogP contribution in [0.2, 0.25) is 0 Å². The molecule has 1 aromatic heterocycles. The zero-order valence-corrected chi connectivity index (χ0v) is 12.1. The average Bonchev–Trinajstić information content (AvgIpc) is 2.96. The van der Waals surface area contributed by atoms with E-state index in [1.54, 1.807) is 11.1 Å². The van der Waals surface area contributed by atoms with Gasteiger partial charge in [0.05, 0.1) is 6.20 Å². The molecule has 20 heavy (non-hydrogen) atoms. The summed E-state index contributed by atoms with van der Waals surface area (Å²) in [4.78, 5) is 25.9. The molecule has 7 heteroatoms. The van der Waals surface area contributed by atoms with E-state index in [4.69, 9.17) is 4.74 Å². The fourth-order valence-corrected chi connectivity index (χ4v) is 2.23. The zero-order chi connectivity index (χ0) is 14.8. The van der Waals surface area contributed by atoms with Crippen molar-refractivity contribution in [2.24, 2.45) is 0 Å². The largest absolute Gasteiger partial charge is 0.458 e. The Morgan fingerprint density at radius 3 is 2.75 bits per heavy atom. The van der Waals surface area contributed by atoms with Crippen molar-refractivity contribution in [3.8, 4) is 0 Å². The van der Waals surface area contributed by atoms with Crippen LogP contribution in [0.15, 0.2) is 12.4 Å². The molecule has 0 aromatic carbocycles. The van der Waals surface area contributed by atoms with Crippen LogP contribution < -0.4 is 0 Å². The maximum atomic E-state index is 12.2. The van der Waals surface area contributed by atoms with Gasteiger partial charge >= 0.3 is 5.97 Å². The van der Waals surface area contributed by atoms with Crippen LogP contribution in [0.4, 0.5) is 0 Å². The molecule has 0 bridgehead atoms. The Morgan fingerprint density at radius 2 is 2.15 bits per heavy atom. The molecule has 0 aliphatic carbocycles. The summed E-state index contributed by atoms with van der Waals surface area (Å²) in [6, 6.07) is -0.481. The molecule has 1 aromatic rings. The van der Waals surface area contributed by atoms with Gasteiger partial charge in [0.2, 0.25) is 5.91 Å². The van der Waals surface area contributed by atoms with Crippen LogP contribution in [0.3, 0.4) is 0 Å². The molecule has 0 saturated carbocycles. The number of carbonyl (C=O) groups is 2. The molecule has 1 amide bonds. The quantitative estimate of drug-likeness (QED) is 0.758. The van der Waals surface area contributed by atoms with Crippen molar-refractivity contribution in [3.63, 3.8) is 0 Å². The third-order valence-electron chi connectivity index (χ3n) is 3.02. The van der Waals surface area contributed by atoms with Gasteiger partial charge < -0.3 is 9.64 Å². The molecule has 2 heterocycles. The zero-order valence-electron chi connectivity index (χ0n) is 12.1. The average molecular weight is 280 g/mol. The standard InChI is InChI=1S/C13H20N4O3/c1-13(2,3)20-12(19)10-5-4-7-17(10)11(18)9-16-8-6-14-15-16/h6,8,10H,4-5,7,9H2,1-3H3/t10-/m1/s1. The van der Waals surface area contributed by atoms with E-state index in [9.17, 15) is 9.59 Å². The first-order valence-electron chi connectivity index (χ1n) is 6.73. The summed E-state index contributed by atoms with van der Waals surface area (Å²) in [5.41, 5.74) is -0.541. The van der Waals surface area contributed by atoms with Crippen LogP contribution in [0.1, 0.15) is 33.6 Å². The highest BCUT2D eigenvalue weighted by molar-refractivity contribution is 5.85. The summed E-state index contributed by atoms with van der Waals surface area (Å²) < 4.78 is 6.82. The third-order valence-corrected chi connectivity index (χ3v) is 3.02. The Balaban J connectivity index is 1.99. The van der Waals surface area contributed by atoms with Crippen LogP contribution in [0.5, 0.6) is 0 Å². The number of amides is 1. The molecule has 1 aliphatic heterocycles.